The van der Waals surface area contributed by atoms with Crippen molar-refractivity contribution in [3.63, 3.8) is 0 Å². The molecule has 1 heterocycles. The third kappa shape index (κ3) is 3.06. The summed E-state index contributed by atoms with van der Waals surface area (Å²) in [6, 6.07) is 0. The van der Waals surface area contributed by atoms with Gasteiger partial charge in [-0.2, -0.15) is 0 Å². The van der Waals surface area contributed by atoms with E-state index in [0.717, 1.165) is 31.5 Å². The maximum Gasteiger partial charge on any atom is 0.0610 e. The van der Waals surface area contributed by atoms with Crippen molar-refractivity contribution in [2.24, 2.45) is 10.9 Å². The van der Waals surface area contributed by atoms with Gasteiger partial charge in [-0.1, -0.05) is 31.1 Å². The van der Waals surface area contributed by atoms with Crippen molar-refractivity contribution in [1.29, 1.82) is 0 Å². The van der Waals surface area contributed by atoms with Crippen LogP contribution in [0.1, 0.15) is 47.0 Å². The standard InChI is InChI=1S/C17H25NO/c1-5-6-14-7-15(13(4)19)9-16(8-14)17-11(2)10-18-12(17)3/h8-9,13,15,19H,5-7,10H2,1-4H3. The summed E-state index contributed by atoms with van der Waals surface area (Å²) < 4.78 is 0. The molecule has 0 saturated carbocycles. The van der Waals surface area contributed by atoms with Crippen LogP contribution in [0.5, 0.6) is 0 Å². The number of aliphatic hydroxyl groups is 1. The quantitative estimate of drug-likeness (QED) is 0.817. The van der Waals surface area contributed by atoms with Gasteiger partial charge >= 0.3 is 0 Å². The van der Waals surface area contributed by atoms with Gasteiger partial charge in [0.25, 0.3) is 0 Å². The third-order valence-corrected chi connectivity index (χ3v) is 4.07. The Morgan fingerprint density at radius 2 is 2.16 bits per heavy atom. The fraction of sp³-hybridized carbons (Fsp3) is 0.588. The Balaban J connectivity index is 2.36. The molecule has 0 bridgehead atoms. The fourth-order valence-electron chi connectivity index (χ4n) is 3.04. The summed E-state index contributed by atoms with van der Waals surface area (Å²) in [5, 5.41) is 9.94. The molecule has 0 saturated heterocycles. The van der Waals surface area contributed by atoms with Crippen LogP contribution >= 0.6 is 0 Å². The molecule has 0 aromatic rings. The summed E-state index contributed by atoms with van der Waals surface area (Å²) in [5.74, 6) is 0.246. The second kappa shape index (κ2) is 5.87. The lowest BCUT2D eigenvalue weighted by Gasteiger charge is -2.25. The number of hydrogen-bond donors (Lipinski definition) is 1. The van der Waals surface area contributed by atoms with E-state index < -0.39 is 0 Å². The first-order chi connectivity index (χ1) is 9.02. The molecule has 0 spiro atoms. The van der Waals surface area contributed by atoms with Gasteiger partial charge in [0.15, 0.2) is 0 Å². The summed E-state index contributed by atoms with van der Waals surface area (Å²) in [6.45, 7) is 9.18. The van der Waals surface area contributed by atoms with E-state index in [4.69, 9.17) is 0 Å². The lowest BCUT2D eigenvalue weighted by Crippen LogP contribution is -2.19. The topological polar surface area (TPSA) is 32.6 Å². The van der Waals surface area contributed by atoms with Crippen molar-refractivity contribution >= 4 is 5.71 Å². The molecule has 1 N–H and O–H groups in total. The Hall–Kier alpha value is -1.15. The van der Waals surface area contributed by atoms with E-state index in [2.05, 4.69) is 37.9 Å². The first-order valence-electron chi connectivity index (χ1n) is 7.33. The monoisotopic (exact) mass is 259 g/mol. The van der Waals surface area contributed by atoms with Gasteiger partial charge in [0.05, 0.1) is 12.6 Å². The van der Waals surface area contributed by atoms with Crippen LogP contribution in [-0.4, -0.2) is 23.5 Å². The van der Waals surface area contributed by atoms with Gasteiger partial charge in [0.1, 0.15) is 0 Å². The maximum atomic E-state index is 9.94. The average Bonchev–Trinajstić information content (AvgIpc) is 2.69. The van der Waals surface area contributed by atoms with Gasteiger partial charge in [-0.25, -0.2) is 0 Å². The highest BCUT2D eigenvalue weighted by atomic mass is 16.3. The van der Waals surface area contributed by atoms with E-state index in [1.807, 2.05) is 6.92 Å². The first-order valence-corrected chi connectivity index (χ1v) is 7.33. The number of aliphatic imine (C=N–C) groups is 1. The molecule has 104 valence electrons. The number of aliphatic hydroxyl groups excluding tert-OH is 1. The minimum absolute atomic E-state index is 0.246. The largest absolute Gasteiger partial charge is 0.393 e. The predicted molar refractivity (Wildman–Crippen MR) is 81.5 cm³/mol. The molecule has 2 unspecified atom stereocenters. The molecule has 0 fully saturated rings. The van der Waals surface area contributed by atoms with Gasteiger partial charge in [-0.05, 0) is 44.8 Å². The van der Waals surface area contributed by atoms with Crippen LogP contribution < -0.4 is 0 Å². The third-order valence-electron chi connectivity index (χ3n) is 4.07. The van der Waals surface area contributed by atoms with Crippen LogP contribution in [0, 0.1) is 5.92 Å². The van der Waals surface area contributed by atoms with Gasteiger partial charge < -0.3 is 5.11 Å². The highest BCUT2D eigenvalue weighted by Crippen LogP contribution is 2.33. The number of nitrogens with zero attached hydrogens (tertiary/aromatic N) is 1. The van der Waals surface area contributed by atoms with E-state index in [1.54, 1.807) is 0 Å². The van der Waals surface area contributed by atoms with E-state index in [-0.39, 0.29) is 12.0 Å². The lowest BCUT2D eigenvalue weighted by atomic mass is 9.82. The number of allylic oxidation sites excluding steroid dienone is 4. The minimum atomic E-state index is -0.282. The van der Waals surface area contributed by atoms with E-state index >= 15 is 0 Å². The molecule has 0 aromatic heterocycles. The molecule has 0 amide bonds. The molecule has 2 rings (SSSR count). The van der Waals surface area contributed by atoms with Crippen LogP contribution in [0.2, 0.25) is 0 Å². The molecule has 1 aliphatic carbocycles. The normalized spacial score (nSPS) is 25.1. The van der Waals surface area contributed by atoms with E-state index in [9.17, 15) is 5.11 Å². The minimum Gasteiger partial charge on any atom is -0.393 e. The SMILES string of the molecule is CCCC1=CC(C2=C(C)CN=C2C)=CC(C(C)O)C1. The lowest BCUT2D eigenvalue weighted by molar-refractivity contribution is 0.147. The molecule has 19 heavy (non-hydrogen) atoms. The van der Waals surface area contributed by atoms with Crippen LogP contribution in [-0.2, 0) is 0 Å². The zero-order chi connectivity index (χ0) is 14.0. The highest BCUT2D eigenvalue weighted by Gasteiger charge is 2.23. The average molecular weight is 259 g/mol. The van der Waals surface area contributed by atoms with Crippen molar-refractivity contribution < 1.29 is 5.11 Å². The highest BCUT2D eigenvalue weighted by molar-refractivity contribution is 6.05. The molecule has 2 aliphatic rings. The Labute approximate surface area is 116 Å². The molecule has 1 aliphatic heterocycles. The molecule has 2 nitrogen and oxygen atoms in total. The second-order valence-corrected chi connectivity index (χ2v) is 5.84. The molecular formula is C17H25NO. The molecule has 0 aromatic carbocycles. The molecule has 2 atom stereocenters. The van der Waals surface area contributed by atoms with Crippen LogP contribution in [0.3, 0.4) is 0 Å². The van der Waals surface area contributed by atoms with Crippen molar-refractivity contribution in [3.05, 3.63) is 34.4 Å². The number of rotatable bonds is 4. The van der Waals surface area contributed by atoms with Gasteiger partial charge in [-0.15, -0.1) is 0 Å². The smallest absolute Gasteiger partial charge is 0.0610 e. The first kappa shape index (κ1) is 14.3. The molecule has 0 radical (unpaired) electrons. The van der Waals surface area contributed by atoms with E-state index in [1.165, 1.54) is 22.3 Å². The Bertz CT molecular complexity index is 477. The van der Waals surface area contributed by atoms with Gasteiger partial charge in [0.2, 0.25) is 0 Å². The van der Waals surface area contributed by atoms with Crippen molar-refractivity contribution in [1.82, 2.24) is 0 Å². The summed E-state index contributed by atoms with van der Waals surface area (Å²) >= 11 is 0. The zero-order valence-electron chi connectivity index (χ0n) is 12.5. The second-order valence-electron chi connectivity index (χ2n) is 5.84. The Morgan fingerprint density at radius 1 is 1.42 bits per heavy atom. The van der Waals surface area contributed by atoms with Crippen molar-refractivity contribution in [3.8, 4) is 0 Å². The van der Waals surface area contributed by atoms with Crippen molar-refractivity contribution in [2.75, 3.05) is 6.54 Å². The summed E-state index contributed by atoms with van der Waals surface area (Å²) in [5.41, 5.74) is 6.53. The van der Waals surface area contributed by atoms with Crippen LogP contribution in [0.25, 0.3) is 0 Å². The van der Waals surface area contributed by atoms with Gasteiger partial charge in [-0.3, -0.25) is 4.99 Å². The zero-order valence-corrected chi connectivity index (χ0v) is 12.5. The Morgan fingerprint density at radius 3 is 2.68 bits per heavy atom. The van der Waals surface area contributed by atoms with E-state index in [0.29, 0.717) is 0 Å². The fourth-order valence-corrected chi connectivity index (χ4v) is 3.04. The Kier molecular flexibility index (Phi) is 4.41. The summed E-state index contributed by atoms with van der Waals surface area (Å²) in [6.07, 6.45) is 7.57. The van der Waals surface area contributed by atoms with Crippen LogP contribution in [0.4, 0.5) is 0 Å². The summed E-state index contributed by atoms with van der Waals surface area (Å²) in [4.78, 5) is 4.52. The predicted octanol–water partition coefficient (Wildman–Crippen LogP) is 3.83. The maximum absolute atomic E-state index is 9.94. The molecule has 2 heteroatoms. The number of hydrogen-bond acceptors (Lipinski definition) is 2. The van der Waals surface area contributed by atoms with Crippen LogP contribution in [0.15, 0.2) is 39.4 Å². The van der Waals surface area contributed by atoms with Gasteiger partial charge in [0, 0.05) is 17.2 Å². The molecular weight excluding hydrogens is 234 g/mol. The van der Waals surface area contributed by atoms with Crippen molar-refractivity contribution in [2.45, 2.75) is 53.1 Å². The summed E-state index contributed by atoms with van der Waals surface area (Å²) in [7, 11) is 0.